The number of nitrogens with zero attached hydrogens (tertiary/aromatic N) is 1. The second-order valence-electron chi connectivity index (χ2n) is 13.9. The van der Waals surface area contributed by atoms with E-state index in [-0.39, 0.29) is 35.6 Å². The van der Waals surface area contributed by atoms with Crippen molar-refractivity contribution in [3.05, 3.63) is 76.4 Å². The number of carbonyl (C=O) groups is 2. The van der Waals surface area contributed by atoms with Crippen molar-refractivity contribution in [3.63, 3.8) is 0 Å². The van der Waals surface area contributed by atoms with Gasteiger partial charge >= 0.3 is 18.3 Å². The van der Waals surface area contributed by atoms with E-state index in [9.17, 15) is 41.0 Å². The number of benzene rings is 2. The standard InChI is InChI=1S/C37H43F6NO5/c1-4-6-25(15-24-7-5-8-26(16-24)33(45)46)22(2)9-10-23(3)27-13-14-35(49-20-27,29-11-12-29)34(47)44-19-28-17-30(36(38,39)40)18-31(37(41,42)43)32(28)48-21-44/h5,7-8,16-18,22,25,27,29H,3-4,6,9-15,19-21H2,1-2H3,(H,45,46)/t22?,25?,27-,35+/m1/s1. The summed E-state index contributed by atoms with van der Waals surface area (Å²) in [4.78, 5) is 26.6. The van der Waals surface area contributed by atoms with Crippen LogP contribution in [0.3, 0.4) is 0 Å². The highest BCUT2D eigenvalue weighted by Crippen LogP contribution is 2.50. The van der Waals surface area contributed by atoms with E-state index >= 15 is 0 Å². The molecule has 2 unspecified atom stereocenters. The van der Waals surface area contributed by atoms with Crippen LogP contribution < -0.4 is 4.74 Å². The molecule has 12 heteroatoms. The molecule has 2 fully saturated rings. The summed E-state index contributed by atoms with van der Waals surface area (Å²) in [6.45, 7) is 7.96. The van der Waals surface area contributed by atoms with E-state index < -0.39 is 60.0 Å². The molecule has 2 aliphatic heterocycles. The Morgan fingerprint density at radius 1 is 1.06 bits per heavy atom. The predicted molar refractivity (Wildman–Crippen MR) is 170 cm³/mol. The van der Waals surface area contributed by atoms with Crippen molar-refractivity contribution in [1.82, 2.24) is 4.90 Å². The number of alkyl halides is 6. The predicted octanol–water partition coefficient (Wildman–Crippen LogP) is 9.31. The molecule has 6 nitrogen and oxygen atoms in total. The van der Waals surface area contributed by atoms with Gasteiger partial charge in [0.05, 0.1) is 29.8 Å². The number of rotatable bonds is 12. The van der Waals surface area contributed by atoms with Crippen LogP contribution in [-0.4, -0.2) is 40.8 Å². The minimum atomic E-state index is -5.07. The van der Waals surface area contributed by atoms with Crippen molar-refractivity contribution in [2.24, 2.45) is 23.7 Å². The lowest BCUT2D eigenvalue weighted by Gasteiger charge is -2.43. The minimum absolute atomic E-state index is 0.00534. The van der Waals surface area contributed by atoms with Crippen LogP contribution >= 0.6 is 0 Å². The highest BCUT2D eigenvalue weighted by atomic mass is 19.4. The summed E-state index contributed by atoms with van der Waals surface area (Å²) in [5, 5.41) is 9.38. The molecule has 1 N–H and O–H groups in total. The van der Waals surface area contributed by atoms with Gasteiger partial charge in [-0.3, -0.25) is 4.79 Å². The third kappa shape index (κ3) is 8.27. The van der Waals surface area contributed by atoms with Gasteiger partial charge in [0, 0.05) is 11.5 Å². The van der Waals surface area contributed by atoms with E-state index in [1.807, 2.05) is 6.07 Å². The normalized spacial score (nSPS) is 22.5. The van der Waals surface area contributed by atoms with E-state index in [2.05, 4.69) is 20.4 Å². The summed E-state index contributed by atoms with van der Waals surface area (Å²) in [5.74, 6) is -1.48. The van der Waals surface area contributed by atoms with Crippen LogP contribution in [0.2, 0.25) is 0 Å². The zero-order valence-corrected chi connectivity index (χ0v) is 27.8. The summed E-state index contributed by atoms with van der Waals surface area (Å²) in [7, 11) is 0. The van der Waals surface area contributed by atoms with E-state index in [0.717, 1.165) is 61.0 Å². The lowest BCUT2D eigenvalue weighted by atomic mass is 9.78. The number of aromatic carboxylic acids is 1. The molecule has 0 aromatic heterocycles. The monoisotopic (exact) mass is 695 g/mol. The lowest BCUT2D eigenvalue weighted by molar-refractivity contribution is -0.177. The maximum Gasteiger partial charge on any atom is 0.419 e. The minimum Gasteiger partial charge on any atom is -0.478 e. The molecule has 2 aromatic rings. The highest BCUT2D eigenvalue weighted by molar-refractivity contribution is 5.88. The molecule has 1 amide bonds. The number of carboxylic acid groups (broad SMARTS) is 1. The molecule has 268 valence electrons. The zero-order chi connectivity index (χ0) is 35.7. The van der Waals surface area contributed by atoms with Crippen molar-refractivity contribution in [2.75, 3.05) is 13.3 Å². The Morgan fingerprint density at radius 3 is 2.39 bits per heavy atom. The average Bonchev–Trinajstić information content (AvgIpc) is 3.91. The molecule has 1 saturated carbocycles. The Bertz CT molecular complexity index is 1540. The third-order valence-corrected chi connectivity index (χ3v) is 10.5. The Morgan fingerprint density at radius 2 is 1.80 bits per heavy atom. The Balaban J connectivity index is 1.21. The molecule has 1 aliphatic carbocycles. The van der Waals surface area contributed by atoms with Crippen LogP contribution in [0.25, 0.3) is 0 Å². The number of ether oxygens (including phenoxy) is 2. The molecule has 0 spiro atoms. The smallest absolute Gasteiger partial charge is 0.419 e. The number of carbonyl (C=O) groups excluding carboxylic acids is 1. The quantitative estimate of drug-likeness (QED) is 0.177. The first-order chi connectivity index (χ1) is 23.0. The Labute approximate surface area is 282 Å². The van der Waals surface area contributed by atoms with Gasteiger partial charge in [-0.2, -0.15) is 26.3 Å². The van der Waals surface area contributed by atoms with Gasteiger partial charge in [-0.1, -0.05) is 51.0 Å². The molecule has 1 saturated heterocycles. The second-order valence-corrected chi connectivity index (χ2v) is 13.9. The van der Waals surface area contributed by atoms with Crippen LogP contribution in [0.15, 0.2) is 48.6 Å². The average molecular weight is 696 g/mol. The first kappa shape index (κ1) is 36.7. The van der Waals surface area contributed by atoms with Gasteiger partial charge in [-0.15, -0.1) is 0 Å². The van der Waals surface area contributed by atoms with Gasteiger partial charge < -0.3 is 19.5 Å². The van der Waals surface area contributed by atoms with Gasteiger partial charge in [0.25, 0.3) is 5.91 Å². The molecule has 4 atom stereocenters. The summed E-state index contributed by atoms with van der Waals surface area (Å²) < 4.78 is 93.3. The maximum absolute atomic E-state index is 14.0. The van der Waals surface area contributed by atoms with Gasteiger partial charge in [0.2, 0.25) is 0 Å². The van der Waals surface area contributed by atoms with Crippen LogP contribution in [-0.2, 0) is 34.8 Å². The maximum atomic E-state index is 14.0. The summed E-state index contributed by atoms with van der Waals surface area (Å²) in [6.07, 6.45) is -3.18. The molecular formula is C37H43F6NO5. The van der Waals surface area contributed by atoms with Crippen molar-refractivity contribution in [2.45, 2.75) is 96.1 Å². The number of hydrogen-bond donors (Lipinski definition) is 1. The number of halogens is 6. The summed E-state index contributed by atoms with van der Waals surface area (Å²) in [6, 6.07) is 7.72. The first-order valence-electron chi connectivity index (χ1n) is 16.9. The van der Waals surface area contributed by atoms with Gasteiger partial charge in [0.15, 0.2) is 6.73 Å². The third-order valence-electron chi connectivity index (χ3n) is 10.5. The molecule has 2 heterocycles. The largest absolute Gasteiger partial charge is 0.478 e. The molecule has 0 radical (unpaired) electrons. The summed E-state index contributed by atoms with van der Waals surface area (Å²) in [5.41, 5.74) is -2.24. The van der Waals surface area contributed by atoms with Crippen molar-refractivity contribution in [1.29, 1.82) is 0 Å². The fourth-order valence-electron chi connectivity index (χ4n) is 7.42. The Hall–Kier alpha value is -3.54. The van der Waals surface area contributed by atoms with Crippen LogP contribution in [0.5, 0.6) is 5.75 Å². The second kappa shape index (κ2) is 14.4. The summed E-state index contributed by atoms with van der Waals surface area (Å²) >= 11 is 0. The lowest BCUT2D eigenvalue weighted by Crippen LogP contribution is -2.56. The van der Waals surface area contributed by atoms with Gasteiger partial charge in [-0.05, 0) is 92.5 Å². The van der Waals surface area contributed by atoms with Crippen LogP contribution in [0.4, 0.5) is 26.3 Å². The Kier molecular flexibility index (Phi) is 10.8. The van der Waals surface area contributed by atoms with Crippen LogP contribution in [0.1, 0.15) is 97.8 Å². The number of hydrogen-bond acceptors (Lipinski definition) is 4. The SMILES string of the molecule is C=C(CCC(C)C(CCC)Cc1cccc(C(=O)O)c1)[C@@H]1CC[C@@](C(=O)N2COc3c(cc(C(F)(F)F)cc3C(F)(F)F)C2)(C2CC2)OC1. The molecule has 0 bridgehead atoms. The number of amides is 1. The fraction of sp³-hybridized carbons (Fsp3) is 0.568. The van der Waals surface area contributed by atoms with E-state index in [0.29, 0.717) is 30.7 Å². The molecular weight excluding hydrogens is 652 g/mol. The van der Waals surface area contributed by atoms with E-state index in [4.69, 9.17) is 9.47 Å². The highest BCUT2D eigenvalue weighted by Gasteiger charge is 2.56. The van der Waals surface area contributed by atoms with Crippen molar-refractivity contribution in [3.8, 4) is 5.75 Å². The molecule has 49 heavy (non-hydrogen) atoms. The van der Waals surface area contributed by atoms with E-state index in [1.54, 1.807) is 18.2 Å². The fourth-order valence-corrected chi connectivity index (χ4v) is 7.42. The molecule has 3 aliphatic rings. The zero-order valence-electron chi connectivity index (χ0n) is 27.8. The van der Waals surface area contributed by atoms with Crippen molar-refractivity contribution >= 4 is 11.9 Å². The first-order valence-corrected chi connectivity index (χ1v) is 16.9. The topological polar surface area (TPSA) is 76.1 Å². The van der Waals surface area contributed by atoms with Gasteiger partial charge in [0.1, 0.15) is 11.4 Å². The molecule has 5 rings (SSSR count). The number of carboxylic acids is 1. The van der Waals surface area contributed by atoms with Gasteiger partial charge in [-0.25, -0.2) is 4.79 Å². The number of fused-ring (bicyclic) bond motifs is 1. The molecule has 2 aromatic carbocycles. The van der Waals surface area contributed by atoms with Crippen LogP contribution in [0, 0.1) is 23.7 Å². The van der Waals surface area contributed by atoms with Crippen molar-refractivity contribution < 1.29 is 50.5 Å². The van der Waals surface area contributed by atoms with E-state index in [1.165, 1.54) is 0 Å².